The first-order valence-corrected chi connectivity index (χ1v) is 10.3. The number of hydrogen-bond donors (Lipinski definition) is 1. The van der Waals surface area contributed by atoms with Crippen molar-refractivity contribution in [3.63, 3.8) is 0 Å². The molecule has 3 aromatic rings. The lowest BCUT2D eigenvalue weighted by molar-refractivity contribution is -0.113. The van der Waals surface area contributed by atoms with Gasteiger partial charge in [-0.25, -0.2) is 0 Å². The first-order chi connectivity index (χ1) is 13.1. The molecule has 0 aliphatic rings. The van der Waals surface area contributed by atoms with Crippen LogP contribution in [0.5, 0.6) is 0 Å². The van der Waals surface area contributed by atoms with E-state index in [1.54, 1.807) is 6.08 Å². The topological polar surface area (TPSA) is 85.6 Å². The Bertz CT molecular complexity index is 949. The third-order valence-electron chi connectivity index (χ3n) is 3.76. The fraction of sp³-hybridized carbons (Fsp3) is 0.278. The molecule has 0 aliphatic carbocycles. The van der Waals surface area contributed by atoms with Crippen molar-refractivity contribution in [3.05, 3.63) is 47.5 Å². The fourth-order valence-corrected chi connectivity index (χ4v) is 3.89. The molecule has 9 heteroatoms. The van der Waals surface area contributed by atoms with Crippen molar-refractivity contribution in [2.75, 3.05) is 11.1 Å². The van der Waals surface area contributed by atoms with Crippen LogP contribution in [0.2, 0.25) is 0 Å². The molecular formula is C18H20N6OS2. The Morgan fingerprint density at radius 2 is 2.11 bits per heavy atom. The van der Waals surface area contributed by atoms with Gasteiger partial charge >= 0.3 is 0 Å². The number of nitrogens with one attached hydrogen (secondary N) is 1. The van der Waals surface area contributed by atoms with E-state index in [4.69, 9.17) is 0 Å². The fourth-order valence-electron chi connectivity index (χ4n) is 2.44. The molecular weight excluding hydrogens is 380 g/mol. The molecule has 0 spiro atoms. The van der Waals surface area contributed by atoms with Crippen LogP contribution < -0.4 is 5.32 Å². The minimum atomic E-state index is -0.149. The predicted octanol–water partition coefficient (Wildman–Crippen LogP) is 3.58. The molecule has 2 heterocycles. The first kappa shape index (κ1) is 19.2. The summed E-state index contributed by atoms with van der Waals surface area (Å²) in [6.07, 6.45) is 2.59. The molecule has 0 unspecified atom stereocenters. The maximum atomic E-state index is 12.2. The average molecular weight is 401 g/mol. The number of anilines is 1. The van der Waals surface area contributed by atoms with Crippen molar-refractivity contribution in [1.82, 2.24) is 25.0 Å². The molecule has 3 rings (SSSR count). The van der Waals surface area contributed by atoms with Gasteiger partial charge in [0, 0.05) is 12.1 Å². The number of carbonyl (C=O) groups excluding carboxylic acids is 1. The number of allylic oxidation sites excluding steroid dienone is 1. The molecule has 0 bridgehead atoms. The van der Waals surface area contributed by atoms with Crippen LogP contribution in [0, 0.1) is 6.92 Å². The smallest absolute Gasteiger partial charge is 0.236 e. The zero-order valence-corrected chi connectivity index (χ0v) is 16.8. The van der Waals surface area contributed by atoms with Crippen molar-refractivity contribution < 1.29 is 4.79 Å². The van der Waals surface area contributed by atoms with Crippen molar-refractivity contribution in [2.24, 2.45) is 0 Å². The van der Waals surface area contributed by atoms with Crippen molar-refractivity contribution in [3.8, 4) is 11.4 Å². The third-order valence-corrected chi connectivity index (χ3v) is 5.71. The number of thioether (sulfide) groups is 1. The zero-order chi connectivity index (χ0) is 19.2. The van der Waals surface area contributed by atoms with Crippen LogP contribution in [0.15, 0.2) is 42.1 Å². The zero-order valence-electron chi connectivity index (χ0n) is 15.2. The number of nitrogens with zero attached hydrogens (tertiary/aromatic N) is 5. The summed E-state index contributed by atoms with van der Waals surface area (Å²) in [5.41, 5.74) is 2.14. The monoisotopic (exact) mass is 400 g/mol. The summed E-state index contributed by atoms with van der Waals surface area (Å²) in [7, 11) is 0. The first-order valence-electron chi connectivity index (χ1n) is 8.47. The van der Waals surface area contributed by atoms with Crippen LogP contribution in [0.1, 0.15) is 17.5 Å². The molecule has 2 aromatic heterocycles. The van der Waals surface area contributed by atoms with Crippen LogP contribution in [0.4, 0.5) is 5.13 Å². The van der Waals surface area contributed by atoms with Crippen molar-refractivity contribution in [1.29, 1.82) is 0 Å². The molecule has 140 valence electrons. The van der Waals surface area contributed by atoms with E-state index < -0.39 is 0 Å². The van der Waals surface area contributed by atoms with Crippen LogP contribution in [-0.4, -0.2) is 36.6 Å². The highest BCUT2D eigenvalue weighted by molar-refractivity contribution is 7.99. The predicted molar refractivity (Wildman–Crippen MR) is 109 cm³/mol. The maximum Gasteiger partial charge on any atom is 0.236 e. The highest BCUT2D eigenvalue weighted by Crippen LogP contribution is 2.26. The van der Waals surface area contributed by atoms with Gasteiger partial charge in [0.25, 0.3) is 0 Å². The van der Waals surface area contributed by atoms with Gasteiger partial charge in [-0.05, 0) is 18.9 Å². The van der Waals surface area contributed by atoms with E-state index in [-0.39, 0.29) is 11.7 Å². The maximum absolute atomic E-state index is 12.2. The number of hydrogen-bond acceptors (Lipinski definition) is 7. The molecule has 0 radical (unpaired) electrons. The summed E-state index contributed by atoms with van der Waals surface area (Å²) in [5, 5.41) is 21.4. The molecule has 0 aliphatic heterocycles. The Morgan fingerprint density at radius 3 is 2.81 bits per heavy atom. The number of aryl methyl sites for hydroxylation is 2. The summed E-state index contributed by atoms with van der Waals surface area (Å²) in [6.45, 7) is 8.42. The van der Waals surface area contributed by atoms with Crippen LogP contribution >= 0.6 is 23.1 Å². The number of rotatable bonds is 8. The van der Waals surface area contributed by atoms with Crippen molar-refractivity contribution in [2.45, 2.75) is 32.0 Å². The standard InChI is InChI=1S/C18H20N6OS2/c1-4-10-24-16(13-9-7-6-8-12(13)3)21-23-18(24)26-11-14(25)19-17-22-20-15(5-2)27-17/h4,6-9H,1,5,10-11H2,2-3H3,(H,19,22,25). The Kier molecular flexibility index (Phi) is 6.36. The average Bonchev–Trinajstić information content (AvgIpc) is 3.28. The second-order valence-corrected chi connectivity index (χ2v) is 7.72. The van der Waals surface area contributed by atoms with Gasteiger partial charge in [-0.3, -0.25) is 14.7 Å². The molecule has 0 atom stereocenters. The number of aromatic nitrogens is 5. The van der Waals surface area contributed by atoms with Gasteiger partial charge in [0.2, 0.25) is 11.0 Å². The van der Waals surface area contributed by atoms with Gasteiger partial charge in [0.1, 0.15) is 5.01 Å². The third kappa shape index (κ3) is 4.61. The van der Waals surface area contributed by atoms with Crippen molar-refractivity contribution >= 4 is 34.1 Å². The molecule has 0 fully saturated rings. The second kappa shape index (κ2) is 8.92. The Labute approximate surface area is 165 Å². The van der Waals surface area contributed by atoms with Gasteiger partial charge in [-0.15, -0.1) is 27.0 Å². The summed E-state index contributed by atoms with van der Waals surface area (Å²) in [5.74, 6) is 0.835. The SMILES string of the molecule is C=CCn1c(SCC(=O)Nc2nnc(CC)s2)nnc1-c1ccccc1C. The Morgan fingerprint density at radius 1 is 1.30 bits per heavy atom. The molecule has 0 saturated carbocycles. The highest BCUT2D eigenvalue weighted by atomic mass is 32.2. The largest absolute Gasteiger partial charge is 0.300 e. The molecule has 1 N–H and O–H groups in total. The van der Waals surface area contributed by atoms with Crippen LogP contribution in [0.3, 0.4) is 0 Å². The normalized spacial score (nSPS) is 10.7. The van der Waals surface area contributed by atoms with Gasteiger partial charge in [-0.2, -0.15) is 0 Å². The van der Waals surface area contributed by atoms with E-state index in [1.165, 1.54) is 23.1 Å². The number of carbonyl (C=O) groups is 1. The number of benzene rings is 1. The van der Waals surface area contributed by atoms with Gasteiger partial charge in [-0.1, -0.05) is 60.4 Å². The van der Waals surface area contributed by atoms with E-state index in [1.807, 2.05) is 42.7 Å². The van der Waals surface area contributed by atoms with Gasteiger partial charge < -0.3 is 0 Å². The van der Waals surface area contributed by atoms with Crippen LogP contribution in [0.25, 0.3) is 11.4 Å². The summed E-state index contributed by atoms with van der Waals surface area (Å²) >= 11 is 2.72. The molecule has 7 nitrogen and oxygen atoms in total. The summed E-state index contributed by atoms with van der Waals surface area (Å²) in [4.78, 5) is 12.2. The summed E-state index contributed by atoms with van der Waals surface area (Å²) in [6, 6.07) is 8.02. The van der Waals surface area contributed by atoms with E-state index in [2.05, 4.69) is 32.3 Å². The Hall–Kier alpha value is -2.52. The minimum Gasteiger partial charge on any atom is -0.300 e. The quantitative estimate of drug-likeness (QED) is 0.459. The molecule has 1 amide bonds. The Balaban J connectivity index is 1.72. The molecule has 1 aromatic carbocycles. The van der Waals surface area contributed by atoms with E-state index >= 15 is 0 Å². The minimum absolute atomic E-state index is 0.149. The summed E-state index contributed by atoms with van der Waals surface area (Å²) < 4.78 is 1.97. The van der Waals surface area contributed by atoms with E-state index in [9.17, 15) is 4.79 Å². The lowest BCUT2D eigenvalue weighted by Crippen LogP contribution is -2.14. The lowest BCUT2D eigenvalue weighted by atomic mass is 10.1. The molecule has 27 heavy (non-hydrogen) atoms. The van der Waals surface area contributed by atoms with E-state index in [0.29, 0.717) is 16.8 Å². The number of amides is 1. The van der Waals surface area contributed by atoms with Gasteiger partial charge in [0.15, 0.2) is 11.0 Å². The van der Waals surface area contributed by atoms with Crippen LogP contribution in [-0.2, 0) is 17.8 Å². The van der Waals surface area contributed by atoms with E-state index in [0.717, 1.165) is 28.4 Å². The lowest BCUT2D eigenvalue weighted by Gasteiger charge is -2.09. The van der Waals surface area contributed by atoms with Gasteiger partial charge in [0.05, 0.1) is 5.75 Å². The second-order valence-electron chi connectivity index (χ2n) is 5.71. The molecule has 0 saturated heterocycles. The highest BCUT2D eigenvalue weighted by Gasteiger charge is 2.16.